The Kier molecular flexibility index (Phi) is 4.42. The smallest absolute Gasteiger partial charge is 0.308 e. The maximum atomic E-state index is 12.1. The van der Waals surface area contributed by atoms with Crippen LogP contribution >= 0.6 is 0 Å². The molecule has 3 atom stereocenters. The molecule has 0 aromatic carbocycles. The first kappa shape index (κ1) is 14.3. The molecule has 2 aliphatic rings. The molecule has 2 N–H and O–H groups in total. The molecule has 0 unspecified atom stereocenters. The molecule has 0 aromatic heterocycles. The van der Waals surface area contributed by atoms with Crippen LogP contribution in [0, 0.1) is 5.92 Å². The lowest BCUT2D eigenvalue weighted by Gasteiger charge is -2.40. The molecule has 108 valence electrons. The fourth-order valence-corrected chi connectivity index (χ4v) is 2.88. The number of hydrogen-bond donors (Lipinski definition) is 2. The van der Waals surface area contributed by atoms with Gasteiger partial charge in [0, 0.05) is 0 Å². The quantitative estimate of drug-likeness (QED) is 0.783. The van der Waals surface area contributed by atoms with Crippen molar-refractivity contribution in [2.45, 2.75) is 44.2 Å². The van der Waals surface area contributed by atoms with Crippen LogP contribution in [0.4, 0.5) is 0 Å². The van der Waals surface area contributed by atoms with Gasteiger partial charge in [-0.25, -0.2) is 0 Å². The van der Waals surface area contributed by atoms with E-state index in [0.717, 1.165) is 12.8 Å². The number of rotatable bonds is 3. The number of carbonyl (C=O) groups excluding carboxylic acids is 1. The van der Waals surface area contributed by atoms with E-state index in [1.807, 2.05) is 6.92 Å². The average Bonchev–Trinajstić information content (AvgIpc) is 2.39. The van der Waals surface area contributed by atoms with Gasteiger partial charge in [-0.05, 0) is 19.8 Å². The zero-order chi connectivity index (χ0) is 13.9. The highest BCUT2D eigenvalue weighted by molar-refractivity contribution is 5.83. The van der Waals surface area contributed by atoms with Crippen molar-refractivity contribution in [2.24, 2.45) is 5.92 Å². The van der Waals surface area contributed by atoms with Gasteiger partial charge in [-0.3, -0.25) is 9.59 Å². The first-order valence-electron chi connectivity index (χ1n) is 6.77. The molecule has 6 nitrogen and oxygen atoms in total. The molecule has 2 rings (SSSR count). The van der Waals surface area contributed by atoms with Crippen molar-refractivity contribution < 1.29 is 24.2 Å². The van der Waals surface area contributed by atoms with E-state index < -0.39 is 23.5 Å². The predicted molar refractivity (Wildman–Crippen MR) is 66.7 cm³/mol. The number of carbonyl (C=O) groups is 2. The number of hydrogen-bond acceptors (Lipinski definition) is 4. The summed E-state index contributed by atoms with van der Waals surface area (Å²) in [5.41, 5.74) is -0.692. The minimum atomic E-state index is -0.844. The van der Waals surface area contributed by atoms with Crippen LogP contribution in [0.1, 0.15) is 32.6 Å². The second-order valence-electron chi connectivity index (χ2n) is 5.48. The molecule has 0 aromatic rings. The molecule has 1 aliphatic carbocycles. The van der Waals surface area contributed by atoms with Crippen molar-refractivity contribution in [2.75, 3.05) is 19.8 Å². The van der Waals surface area contributed by atoms with Crippen molar-refractivity contribution in [1.29, 1.82) is 0 Å². The molecule has 6 heteroatoms. The van der Waals surface area contributed by atoms with Gasteiger partial charge < -0.3 is 19.9 Å². The van der Waals surface area contributed by atoms with Crippen LogP contribution in [0.25, 0.3) is 0 Å². The normalized spacial score (nSPS) is 35.6. The third-order valence-corrected chi connectivity index (χ3v) is 4.02. The summed E-state index contributed by atoms with van der Waals surface area (Å²) in [5.74, 6) is -1.65. The monoisotopic (exact) mass is 271 g/mol. The Bertz CT molecular complexity index is 353. The molecule has 1 amide bonds. The summed E-state index contributed by atoms with van der Waals surface area (Å²) in [5, 5.41) is 12.2. The highest BCUT2D eigenvalue weighted by atomic mass is 16.6. The van der Waals surface area contributed by atoms with Gasteiger partial charge in [0.2, 0.25) is 0 Å². The van der Waals surface area contributed by atoms with E-state index in [4.69, 9.17) is 9.47 Å². The Hall–Kier alpha value is -1.14. The van der Waals surface area contributed by atoms with Gasteiger partial charge in [0.15, 0.2) is 6.10 Å². The van der Waals surface area contributed by atoms with Crippen LogP contribution in [0.15, 0.2) is 0 Å². The van der Waals surface area contributed by atoms with E-state index in [2.05, 4.69) is 5.32 Å². The van der Waals surface area contributed by atoms with Crippen molar-refractivity contribution in [3.05, 3.63) is 0 Å². The van der Waals surface area contributed by atoms with Crippen LogP contribution in [-0.2, 0) is 19.1 Å². The topological polar surface area (TPSA) is 84.9 Å². The average molecular weight is 271 g/mol. The van der Waals surface area contributed by atoms with Gasteiger partial charge >= 0.3 is 5.97 Å². The highest BCUT2D eigenvalue weighted by Crippen LogP contribution is 2.34. The summed E-state index contributed by atoms with van der Waals surface area (Å²) >= 11 is 0. The molecule has 0 spiro atoms. The van der Waals surface area contributed by atoms with Gasteiger partial charge in [-0.2, -0.15) is 0 Å². The number of ether oxygens (including phenoxy) is 2. The molecule has 1 heterocycles. The zero-order valence-electron chi connectivity index (χ0n) is 11.2. The van der Waals surface area contributed by atoms with E-state index in [9.17, 15) is 14.7 Å². The van der Waals surface area contributed by atoms with Gasteiger partial charge in [0.25, 0.3) is 5.91 Å². The summed E-state index contributed by atoms with van der Waals surface area (Å²) in [6.45, 7) is 2.95. The molecular weight excluding hydrogens is 250 g/mol. The fourth-order valence-electron chi connectivity index (χ4n) is 2.88. The highest BCUT2D eigenvalue weighted by Gasteiger charge is 2.43. The minimum Gasteiger partial charge on any atom is -0.481 e. The van der Waals surface area contributed by atoms with Crippen molar-refractivity contribution in [1.82, 2.24) is 5.32 Å². The second-order valence-corrected chi connectivity index (χ2v) is 5.48. The number of amides is 1. The number of aliphatic carboxylic acids is 1. The largest absolute Gasteiger partial charge is 0.481 e. The van der Waals surface area contributed by atoms with Crippen LogP contribution < -0.4 is 5.32 Å². The standard InChI is InChI=1S/C13H21NO5/c1-13(5-3-2-4-9(13)12(16)17)14-11(15)10-8-18-6-7-19-10/h9-10H,2-8H2,1H3,(H,14,15)(H,16,17)/t9-,10+,13+/m1/s1. The first-order valence-corrected chi connectivity index (χ1v) is 6.77. The summed E-state index contributed by atoms with van der Waals surface area (Å²) in [4.78, 5) is 23.5. The lowest BCUT2D eigenvalue weighted by Crippen LogP contribution is -2.58. The van der Waals surface area contributed by atoms with Gasteiger partial charge in [-0.15, -0.1) is 0 Å². The molecule has 1 aliphatic heterocycles. The van der Waals surface area contributed by atoms with E-state index >= 15 is 0 Å². The van der Waals surface area contributed by atoms with E-state index in [0.29, 0.717) is 26.1 Å². The summed E-state index contributed by atoms with van der Waals surface area (Å²) in [6, 6.07) is 0. The SMILES string of the molecule is C[C@]1(NC(=O)[C@@H]2COCCO2)CCCC[C@@H]1C(=O)O. The Balaban J connectivity index is 2.01. The number of nitrogens with one attached hydrogen (secondary N) is 1. The number of carboxylic acids is 1. The lowest BCUT2D eigenvalue weighted by atomic mass is 9.74. The molecular formula is C13H21NO5. The second kappa shape index (κ2) is 5.88. The Morgan fingerprint density at radius 2 is 2.11 bits per heavy atom. The molecule has 0 radical (unpaired) electrons. The van der Waals surface area contributed by atoms with Crippen LogP contribution in [0.5, 0.6) is 0 Å². The molecule has 1 saturated heterocycles. The van der Waals surface area contributed by atoms with Gasteiger partial charge in [-0.1, -0.05) is 12.8 Å². The van der Waals surface area contributed by atoms with Crippen molar-refractivity contribution >= 4 is 11.9 Å². The predicted octanol–water partition coefficient (Wildman–Crippen LogP) is 0.551. The van der Waals surface area contributed by atoms with Crippen LogP contribution in [-0.4, -0.2) is 48.4 Å². The van der Waals surface area contributed by atoms with E-state index in [1.165, 1.54) is 0 Å². The Morgan fingerprint density at radius 3 is 2.74 bits per heavy atom. The summed E-state index contributed by atoms with van der Waals surface area (Å²) < 4.78 is 10.5. The van der Waals surface area contributed by atoms with E-state index in [-0.39, 0.29) is 12.5 Å². The zero-order valence-corrected chi connectivity index (χ0v) is 11.2. The van der Waals surface area contributed by atoms with E-state index in [1.54, 1.807) is 0 Å². The fraction of sp³-hybridized carbons (Fsp3) is 0.846. The van der Waals surface area contributed by atoms with Crippen molar-refractivity contribution in [3.63, 3.8) is 0 Å². The molecule has 19 heavy (non-hydrogen) atoms. The first-order chi connectivity index (χ1) is 9.03. The Morgan fingerprint density at radius 1 is 1.32 bits per heavy atom. The maximum absolute atomic E-state index is 12.1. The molecule has 0 bridgehead atoms. The molecule has 1 saturated carbocycles. The van der Waals surface area contributed by atoms with Crippen LogP contribution in [0.3, 0.4) is 0 Å². The molecule has 2 fully saturated rings. The summed E-state index contributed by atoms with van der Waals surface area (Å²) in [7, 11) is 0. The maximum Gasteiger partial charge on any atom is 0.308 e. The van der Waals surface area contributed by atoms with Gasteiger partial charge in [0.05, 0.1) is 31.3 Å². The summed E-state index contributed by atoms with van der Waals surface area (Å²) in [6.07, 6.45) is 2.49. The third-order valence-electron chi connectivity index (χ3n) is 4.02. The Labute approximate surface area is 112 Å². The van der Waals surface area contributed by atoms with Crippen LogP contribution in [0.2, 0.25) is 0 Å². The minimum absolute atomic E-state index is 0.236. The van der Waals surface area contributed by atoms with Gasteiger partial charge in [0.1, 0.15) is 0 Å². The third kappa shape index (κ3) is 3.25. The van der Waals surface area contributed by atoms with Crippen molar-refractivity contribution in [3.8, 4) is 0 Å². The number of carboxylic acid groups (broad SMARTS) is 1. The lowest BCUT2D eigenvalue weighted by molar-refractivity contribution is -0.153.